The van der Waals surface area contributed by atoms with Crippen molar-refractivity contribution in [3.63, 3.8) is 0 Å². The summed E-state index contributed by atoms with van der Waals surface area (Å²) in [6, 6.07) is 8.15. The molecule has 1 N–H and O–H groups in total. The van der Waals surface area contributed by atoms with Gasteiger partial charge in [0.25, 0.3) is 0 Å². The molecule has 1 fully saturated rings. The fourth-order valence-corrected chi connectivity index (χ4v) is 2.28. The molecule has 0 spiro atoms. The van der Waals surface area contributed by atoms with Gasteiger partial charge in [-0.1, -0.05) is 17.3 Å². The molecule has 1 aromatic heterocycles. The second kappa shape index (κ2) is 4.80. The first-order valence-electron chi connectivity index (χ1n) is 5.55. The van der Waals surface area contributed by atoms with E-state index in [2.05, 4.69) is 16.4 Å². The minimum absolute atomic E-state index is 0. The van der Waals surface area contributed by atoms with Crippen LogP contribution in [0, 0.1) is 0 Å². The summed E-state index contributed by atoms with van der Waals surface area (Å²) in [6.07, 6.45) is 2.70. The molecule has 0 radical (unpaired) electrons. The lowest BCUT2D eigenvalue weighted by atomic mass is 10.3. The summed E-state index contributed by atoms with van der Waals surface area (Å²) < 4.78 is 2.02. The molecule has 5 heteroatoms. The molecule has 1 aliphatic heterocycles. The minimum Gasteiger partial charge on any atom is -1.00 e. The Hall–Kier alpha value is -1.13. The molecular weight excluding hydrogens is 224 g/mol. The molecule has 0 amide bonds. The van der Waals surface area contributed by atoms with Gasteiger partial charge in [-0.05, 0) is 12.1 Å². The Bertz CT molecular complexity index is 462. The summed E-state index contributed by atoms with van der Waals surface area (Å²) in [7, 11) is 0. The van der Waals surface area contributed by atoms with E-state index in [0.29, 0.717) is 0 Å². The molecule has 1 aliphatic rings. The number of likely N-dealkylation sites (tertiary alicyclic amines) is 1. The Balaban J connectivity index is 0.000000963. The average molecular weight is 239 g/mol. The van der Waals surface area contributed by atoms with Crippen LogP contribution in [-0.2, 0) is 6.67 Å². The second-order valence-electron chi connectivity index (χ2n) is 4.19. The molecule has 1 aromatic carbocycles. The number of hydrogen-bond acceptors (Lipinski definition) is 2. The molecule has 0 atom stereocenters. The van der Waals surface area contributed by atoms with Crippen molar-refractivity contribution in [1.29, 1.82) is 0 Å². The van der Waals surface area contributed by atoms with E-state index < -0.39 is 0 Å². The number of nitrogens with one attached hydrogen (secondary N) is 1. The third-order valence-electron chi connectivity index (χ3n) is 3.10. The lowest BCUT2D eigenvalue weighted by Gasteiger charge is -2.11. The highest BCUT2D eigenvalue weighted by Gasteiger charge is 2.16. The summed E-state index contributed by atoms with van der Waals surface area (Å²) in [5, 5.41) is 8.36. The van der Waals surface area contributed by atoms with Crippen LogP contribution in [-0.4, -0.2) is 28.1 Å². The highest BCUT2D eigenvalue weighted by molar-refractivity contribution is 5.73. The normalized spacial score (nSPS) is 16.5. The molecular formula is C11H15ClN4. The van der Waals surface area contributed by atoms with E-state index >= 15 is 0 Å². The Morgan fingerprint density at radius 2 is 1.94 bits per heavy atom. The standard InChI is InChI=1S/C11H14N4.ClH/c1-2-6-11-10(5-1)12-13-15(11)9-14-7-3-4-8-14;/h1-2,5-6H,3-4,7-9H2;1H. The van der Waals surface area contributed by atoms with Gasteiger partial charge in [0.1, 0.15) is 5.52 Å². The van der Waals surface area contributed by atoms with E-state index in [4.69, 9.17) is 0 Å². The largest absolute Gasteiger partial charge is 1.00 e. The first kappa shape index (κ1) is 11.4. The molecule has 4 nitrogen and oxygen atoms in total. The van der Waals surface area contributed by atoms with Gasteiger partial charge in [0, 0.05) is 12.8 Å². The molecule has 0 saturated carbocycles. The summed E-state index contributed by atoms with van der Waals surface area (Å²) in [5.74, 6) is 0. The van der Waals surface area contributed by atoms with Crippen molar-refractivity contribution in [2.75, 3.05) is 13.1 Å². The van der Waals surface area contributed by atoms with E-state index in [1.807, 2.05) is 22.9 Å². The van der Waals surface area contributed by atoms with E-state index in [1.54, 1.807) is 4.90 Å². The lowest BCUT2D eigenvalue weighted by molar-refractivity contribution is -0.911. The highest BCUT2D eigenvalue weighted by Crippen LogP contribution is 2.08. The van der Waals surface area contributed by atoms with Gasteiger partial charge in [-0.2, -0.15) is 4.68 Å². The van der Waals surface area contributed by atoms with Gasteiger partial charge < -0.3 is 17.3 Å². The smallest absolute Gasteiger partial charge is 0.175 e. The van der Waals surface area contributed by atoms with Crippen molar-refractivity contribution in [2.45, 2.75) is 19.5 Å². The van der Waals surface area contributed by atoms with Crippen molar-refractivity contribution in [3.05, 3.63) is 24.3 Å². The first-order chi connectivity index (χ1) is 7.43. The summed E-state index contributed by atoms with van der Waals surface area (Å²) in [4.78, 5) is 1.62. The maximum Gasteiger partial charge on any atom is 0.175 e. The van der Waals surface area contributed by atoms with Crippen LogP contribution in [0.25, 0.3) is 11.0 Å². The molecule has 0 unspecified atom stereocenters. The number of aromatic nitrogens is 3. The molecule has 0 bridgehead atoms. The Morgan fingerprint density at radius 3 is 2.75 bits per heavy atom. The molecule has 1 saturated heterocycles. The molecule has 0 aliphatic carbocycles. The van der Waals surface area contributed by atoms with Crippen molar-refractivity contribution in [2.24, 2.45) is 0 Å². The first-order valence-corrected chi connectivity index (χ1v) is 5.55. The number of para-hydroxylation sites is 1. The van der Waals surface area contributed by atoms with E-state index in [-0.39, 0.29) is 12.4 Å². The lowest BCUT2D eigenvalue weighted by Crippen LogP contribution is -3.09. The number of nitrogens with zero attached hydrogens (tertiary/aromatic N) is 3. The summed E-state index contributed by atoms with van der Waals surface area (Å²) >= 11 is 0. The zero-order chi connectivity index (χ0) is 10.1. The van der Waals surface area contributed by atoms with Gasteiger partial charge >= 0.3 is 0 Å². The maximum absolute atomic E-state index is 4.20. The monoisotopic (exact) mass is 238 g/mol. The number of quaternary nitrogens is 1. The van der Waals surface area contributed by atoms with Crippen LogP contribution >= 0.6 is 0 Å². The molecule has 2 heterocycles. The van der Waals surface area contributed by atoms with Gasteiger partial charge in [0.2, 0.25) is 0 Å². The van der Waals surface area contributed by atoms with Crippen LogP contribution in [0.5, 0.6) is 0 Å². The van der Waals surface area contributed by atoms with Crippen LogP contribution in [0.1, 0.15) is 12.8 Å². The fraction of sp³-hybridized carbons (Fsp3) is 0.455. The van der Waals surface area contributed by atoms with Crippen molar-refractivity contribution in [3.8, 4) is 0 Å². The topological polar surface area (TPSA) is 35.1 Å². The van der Waals surface area contributed by atoms with E-state index in [1.165, 1.54) is 25.9 Å². The van der Waals surface area contributed by atoms with Gasteiger partial charge in [-0.25, -0.2) is 0 Å². The number of halogens is 1. The van der Waals surface area contributed by atoms with Crippen LogP contribution in [0.4, 0.5) is 0 Å². The van der Waals surface area contributed by atoms with Gasteiger partial charge in [0.15, 0.2) is 6.67 Å². The van der Waals surface area contributed by atoms with Crippen molar-refractivity contribution >= 4 is 11.0 Å². The van der Waals surface area contributed by atoms with Crippen LogP contribution in [0.3, 0.4) is 0 Å². The SMILES string of the molecule is [Cl-].c1ccc2c(c1)nnn2C[NH+]1CCCC1. The minimum atomic E-state index is 0. The Morgan fingerprint density at radius 1 is 1.19 bits per heavy atom. The molecule has 2 aromatic rings. The second-order valence-corrected chi connectivity index (χ2v) is 4.19. The Kier molecular flexibility index (Phi) is 3.41. The predicted molar refractivity (Wildman–Crippen MR) is 57.5 cm³/mol. The van der Waals surface area contributed by atoms with Crippen molar-refractivity contribution in [1.82, 2.24) is 15.0 Å². The zero-order valence-corrected chi connectivity index (χ0v) is 9.82. The van der Waals surface area contributed by atoms with Crippen LogP contribution in [0.15, 0.2) is 24.3 Å². The summed E-state index contributed by atoms with van der Waals surface area (Å²) in [6.45, 7) is 3.50. The van der Waals surface area contributed by atoms with Gasteiger partial charge in [0.05, 0.1) is 18.6 Å². The van der Waals surface area contributed by atoms with Crippen LogP contribution in [0.2, 0.25) is 0 Å². The third-order valence-corrected chi connectivity index (χ3v) is 3.10. The quantitative estimate of drug-likeness (QED) is 0.608. The van der Waals surface area contributed by atoms with Gasteiger partial charge in [-0.15, -0.1) is 5.10 Å². The number of rotatable bonds is 2. The predicted octanol–water partition coefficient (Wildman–Crippen LogP) is -2.93. The number of fused-ring (bicyclic) bond motifs is 1. The highest BCUT2D eigenvalue weighted by atomic mass is 35.5. The average Bonchev–Trinajstić information content (AvgIpc) is 2.89. The van der Waals surface area contributed by atoms with Crippen molar-refractivity contribution < 1.29 is 17.3 Å². The summed E-state index contributed by atoms with van der Waals surface area (Å²) in [5.41, 5.74) is 2.15. The zero-order valence-electron chi connectivity index (χ0n) is 9.06. The molecule has 3 rings (SSSR count). The Labute approximate surface area is 101 Å². The van der Waals surface area contributed by atoms with Gasteiger partial charge in [-0.3, -0.25) is 0 Å². The molecule has 16 heavy (non-hydrogen) atoms. The molecule has 86 valence electrons. The fourth-order valence-electron chi connectivity index (χ4n) is 2.28. The number of benzene rings is 1. The maximum atomic E-state index is 4.20. The third kappa shape index (κ3) is 2.03. The van der Waals surface area contributed by atoms with E-state index in [9.17, 15) is 0 Å². The van der Waals surface area contributed by atoms with Crippen LogP contribution < -0.4 is 17.3 Å². The number of hydrogen-bond donors (Lipinski definition) is 1. The van der Waals surface area contributed by atoms with E-state index in [0.717, 1.165) is 17.7 Å².